The third-order valence-electron chi connectivity index (χ3n) is 0.726. The average Bonchev–Trinajstić information content (AvgIpc) is 1.87. The Morgan fingerprint density at radius 1 is 1.57 bits per heavy atom. The minimum Gasteiger partial charge on any atom is -0.481 e. The number of rotatable bonds is 0. The molecule has 1 aromatic heterocycles. The van der Waals surface area contributed by atoms with E-state index >= 15 is 0 Å². The predicted octanol–water partition coefficient (Wildman–Crippen LogP) is -1.02. The molecule has 1 N–H and O–H groups in total. The molecule has 0 radical (unpaired) electrons. The summed E-state index contributed by atoms with van der Waals surface area (Å²) in [5.41, 5.74) is 0. The number of hydrogen-bond donors (Lipinski definition) is 1. The van der Waals surface area contributed by atoms with Crippen LogP contribution in [-0.4, -0.2) is 15.3 Å². The molecule has 0 amide bonds. The van der Waals surface area contributed by atoms with E-state index in [1.165, 1.54) is 0 Å². The molecule has 0 atom stereocenters. The first-order valence-electron chi connectivity index (χ1n) is 2.04. The minimum absolute atomic E-state index is 0.0185. The maximum Gasteiger partial charge on any atom is 0.281 e. The van der Waals surface area contributed by atoms with Gasteiger partial charge in [0.2, 0.25) is 0 Å². The zero-order valence-electron chi connectivity index (χ0n) is 4.01. The van der Waals surface area contributed by atoms with Crippen LogP contribution >= 0.6 is 0 Å². The van der Waals surface area contributed by atoms with Crippen LogP contribution in [0.4, 0.5) is 0 Å². The molecule has 0 bridgehead atoms. The van der Waals surface area contributed by atoms with Gasteiger partial charge in [-0.1, -0.05) is 0 Å². The van der Waals surface area contributed by atoms with Gasteiger partial charge in [-0.2, -0.15) is 0 Å². The van der Waals surface area contributed by atoms with E-state index < -0.39 is 0 Å². The lowest BCUT2D eigenvalue weighted by Crippen LogP contribution is -1.92. The highest BCUT2D eigenvalue weighted by atomic mass is 28.1. The summed E-state index contributed by atoms with van der Waals surface area (Å²) in [5.74, 6) is 0.0185. The van der Waals surface area contributed by atoms with Gasteiger partial charge in [-0.25, -0.2) is 0 Å². The third-order valence-corrected chi connectivity index (χ3v) is 1.26. The van der Waals surface area contributed by atoms with Gasteiger partial charge in [-0.3, -0.25) is 0 Å². The highest BCUT2D eigenvalue weighted by Crippen LogP contribution is 2.02. The van der Waals surface area contributed by atoms with Gasteiger partial charge in [-0.05, 0) is 6.07 Å². The van der Waals surface area contributed by atoms with Gasteiger partial charge in [-0.15, -0.1) is 0 Å². The van der Waals surface area contributed by atoms with Crippen molar-refractivity contribution in [2.45, 2.75) is 0 Å². The predicted molar refractivity (Wildman–Crippen MR) is 29.9 cm³/mol. The van der Waals surface area contributed by atoms with E-state index in [9.17, 15) is 0 Å². The second-order valence-corrected chi connectivity index (χ2v) is 2.37. The van der Waals surface area contributed by atoms with Crippen molar-refractivity contribution < 1.29 is 9.52 Å². The van der Waals surface area contributed by atoms with E-state index in [1.807, 2.05) is 0 Å². The maximum atomic E-state index is 8.51. The quantitative estimate of drug-likeness (QED) is 0.438. The Kier molecular flexibility index (Phi) is 0.904. The first-order valence-corrected chi connectivity index (χ1v) is 3.04. The largest absolute Gasteiger partial charge is 0.481 e. The normalized spacial score (nSPS) is 9.71. The van der Waals surface area contributed by atoms with Crippen molar-refractivity contribution in [3.05, 3.63) is 12.1 Å². The molecule has 2 nitrogen and oxygen atoms in total. The molecule has 0 aromatic carbocycles. The summed E-state index contributed by atoms with van der Waals surface area (Å²) in [7, 11) is 0.868. The first kappa shape index (κ1) is 4.46. The van der Waals surface area contributed by atoms with Crippen LogP contribution < -0.4 is 5.38 Å². The van der Waals surface area contributed by atoms with Crippen molar-refractivity contribution in [1.29, 1.82) is 0 Å². The Morgan fingerprint density at radius 2 is 2.29 bits per heavy atom. The van der Waals surface area contributed by atoms with Gasteiger partial charge in [0.15, 0.2) is 0 Å². The SMILES string of the molecule is Oc1ccc([SiH3])o1. The standard InChI is InChI=1S/C4H6O2Si/c5-3-1-2-4(7)6-3/h1-2,5H,7H3. The van der Waals surface area contributed by atoms with E-state index in [4.69, 9.17) is 9.52 Å². The molecule has 0 aliphatic rings. The molecule has 0 spiro atoms. The molecule has 3 heteroatoms. The van der Waals surface area contributed by atoms with Crippen LogP contribution in [0.15, 0.2) is 16.5 Å². The molecular weight excluding hydrogens is 108 g/mol. The molecule has 0 aliphatic carbocycles. The summed E-state index contributed by atoms with van der Waals surface area (Å²) >= 11 is 0. The fourth-order valence-electron chi connectivity index (χ4n) is 0.422. The Balaban J connectivity index is 3.04. The third kappa shape index (κ3) is 0.836. The first-order chi connectivity index (χ1) is 3.29. The fraction of sp³-hybridized carbons (Fsp3) is 0. The van der Waals surface area contributed by atoms with Crippen molar-refractivity contribution in [2.75, 3.05) is 0 Å². The van der Waals surface area contributed by atoms with Gasteiger partial charge in [0.1, 0.15) is 0 Å². The van der Waals surface area contributed by atoms with Gasteiger partial charge >= 0.3 is 0 Å². The lowest BCUT2D eigenvalue weighted by atomic mass is 10.7. The second-order valence-electron chi connectivity index (χ2n) is 1.38. The zero-order chi connectivity index (χ0) is 5.28. The van der Waals surface area contributed by atoms with E-state index in [1.54, 1.807) is 12.1 Å². The lowest BCUT2D eigenvalue weighted by Gasteiger charge is -1.75. The van der Waals surface area contributed by atoms with Crippen molar-refractivity contribution >= 4 is 15.6 Å². The summed E-state index contributed by atoms with van der Waals surface area (Å²) in [6, 6.07) is 3.31. The minimum atomic E-state index is 0.0185. The van der Waals surface area contributed by atoms with Crippen molar-refractivity contribution in [2.24, 2.45) is 0 Å². The van der Waals surface area contributed by atoms with Crippen LogP contribution in [0.1, 0.15) is 0 Å². The Hall–Kier alpha value is -0.703. The van der Waals surface area contributed by atoms with Gasteiger partial charge in [0.05, 0.1) is 15.6 Å². The topological polar surface area (TPSA) is 33.4 Å². The average molecular weight is 114 g/mol. The molecule has 1 aromatic rings. The molecule has 0 unspecified atom stereocenters. The van der Waals surface area contributed by atoms with Gasteiger partial charge in [0.25, 0.3) is 5.95 Å². The molecule has 1 rings (SSSR count). The zero-order valence-corrected chi connectivity index (χ0v) is 6.01. The maximum absolute atomic E-state index is 8.51. The van der Waals surface area contributed by atoms with E-state index in [2.05, 4.69) is 0 Å². The molecule has 0 saturated carbocycles. The van der Waals surface area contributed by atoms with Crippen LogP contribution in [0.3, 0.4) is 0 Å². The van der Waals surface area contributed by atoms with E-state index in [0.29, 0.717) is 0 Å². The molecule has 0 saturated heterocycles. The molecule has 0 aliphatic heterocycles. The van der Waals surface area contributed by atoms with Crippen LogP contribution in [0, 0.1) is 0 Å². The van der Waals surface area contributed by atoms with Crippen LogP contribution in [0.5, 0.6) is 5.95 Å². The summed E-state index contributed by atoms with van der Waals surface area (Å²) in [4.78, 5) is 0. The van der Waals surface area contributed by atoms with E-state index in [0.717, 1.165) is 15.6 Å². The van der Waals surface area contributed by atoms with Crippen molar-refractivity contribution in [1.82, 2.24) is 0 Å². The van der Waals surface area contributed by atoms with Gasteiger partial charge in [0, 0.05) is 6.07 Å². The monoisotopic (exact) mass is 114 g/mol. The Labute approximate surface area is 44.2 Å². The second kappa shape index (κ2) is 1.42. The highest BCUT2D eigenvalue weighted by Gasteiger charge is 1.88. The number of furan rings is 1. The summed E-state index contributed by atoms with van der Waals surface area (Å²) in [5, 5.41) is 9.38. The highest BCUT2D eigenvalue weighted by molar-refractivity contribution is 6.29. The number of hydrogen-bond acceptors (Lipinski definition) is 2. The lowest BCUT2D eigenvalue weighted by molar-refractivity contribution is 0.343. The molecule has 38 valence electrons. The summed E-state index contributed by atoms with van der Waals surface area (Å²) in [6.45, 7) is 0. The Morgan fingerprint density at radius 3 is 2.43 bits per heavy atom. The van der Waals surface area contributed by atoms with Crippen molar-refractivity contribution in [3.63, 3.8) is 0 Å². The summed E-state index contributed by atoms with van der Waals surface area (Å²) in [6.07, 6.45) is 0. The molecule has 7 heavy (non-hydrogen) atoms. The molecule has 1 heterocycles. The number of aromatic hydroxyl groups is 1. The fourth-order valence-corrected chi connectivity index (χ4v) is 0.797. The van der Waals surface area contributed by atoms with Crippen LogP contribution in [0.2, 0.25) is 0 Å². The van der Waals surface area contributed by atoms with E-state index in [-0.39, 0.29) is 5.95 Å². The summed E-state index contributed by atoms with van der Waals surface area (Å²) < 4.78 is 4.70. The van der Waals surface area contributed by atoms with Crippen LogP contribution in [-0.2, 0) is 0 Å². The molecule has 0 fully saturated rings. The van der Waals surface area contributed by atoms with Crippen molar-refractivity contribution in [3.8, 4) is 5.95 Å². The molecular formula is C4H6O2Si. The Bertz CT molecular complexity index is 142. The van der Waals surface area contributed by atoms with Gasteiger partial charge < -0.3 is 9.52 Å². The smallest absolute Gasteiger partial charge is 0.281 e. The van der Waals surface area contributed by atoms with Crippen LogP contribution in [0.25, 0.3) is 0 Å².